The largest absolute Gasteiger partial charge is 0.480 e. The average Bonchev–Trinajstić information content (AvgIpc) is 2.48. The van der Waals surface area contributed by atoms with Crippen molar-refractivity contribution < 1.29 is 9.90 Å². The third-order valence-electron chi connectivity index (χ3n) is 1.99. The smallest absolute Gasteiger partial charge is 0.317 e. The molecule has 16 heavy (non-hydrogen) atoms. The molecular formula is C11H16BrNO2S. The van der Waals surface area contributed by atoms with Gasteiger partial charge in [-0.15, -0.1) is 11.3 Å². The highest BCUT2D eigenvalue weighted by Gasteiger charge is 2.12. The average molecular weight is 306 g/mol. The van der Waals surface area contributed by atoms with Gasteiger partial charge in [0.15, 0.2) is 0 Å². The number of thiophene rings is 1. The SMILES string of the molecule is CC(C)CN(CC(=O)O)Cc1ccc(Br)s1. The highest BCUT2D eigenvalue weighted by molar-refractivity contribution is 9.11. The second-order valence-electron chi connectivity index (χ2n) is 4.16. The van der Waals surface area contributed by atoms with Crippen molar-refractivity contribution in [3.05, 3.63) is 20.8 Å². The molecular weight excluding hydrogens is 290 g/mol. The van der Waals surface area contributed by atoms with E-state index in [0.717, 1.165) is 10.3 Å². The number of aliphatic carboxylic acids is 1. The molecule has 0 aliphatic heterocycles. The summed E-state index contributed by atoms with van der Waals surface area (Å²) in [7, 11) is 0. The molecule has 0 unspecified atom stereocenters. The molecule has 0 amide bonds. The highest BCUT2D eigenvalue weighted by atomic mass is 79.9. The van der Waals surface area contributed by atoms with Crippen molar-refractivity contribution in [3.63, 3.8) is 0 Å². The Bertz CT molecular complexity index is 352. The van der Waals surface area contributed by atoms with Crippen molar-refractivity contribution >= 4 is 33.2 Å². The van der Waals surface area contributed by atoms with Crippen LogP contribution < -0.4 is 0 Å². The van der Waals surface area contributed by atoms with Crippen LogP contribution in [0.25, 0.3) is 0 Å². The predicted molar refractivity (Wildman–Crippen MR) is 69.8 cm³/mol. The monoisotopic (exact) mass is 305 g/mol. The molecule has 1 aromatic heterocycles. The minimum Gasteiger partial charge on any atom is -0.480 e. The van der Waals surface area contributed by atoms with E-state index < -0.39 is 5.97 Å². The molecule has 0 saturated carbocycles. The molecule has 0 radical (unpaired) electrons. The molecule has 0 saturated heterocycles. The van der Waals surface area contributed by atoms with E-state index in [1.54, 1.807) is 11.3 Å². The Morgan fingerprint density at radius 2 is 2.25 bits per heavy atom. The molecule has 1 aromatic rings. The van der Waals surface area contributed by atoms with Crippen LogP contribution in [0.15, 0.2) is 15.9 Å². The second kappa shape index (κ2) is 6.37. The van der Waals surface area contributed by atoms with Crippen LogP contribution in [0.3, 0.4) is 0 Å². The zero-order chi connectivity index (χ0) is 12.1. The molecule has 90 valence electrons. The van der Waals surface area contributed by atoms with E-state index in [-0.39, 0.29) is 6.54 Å². The summed E-state index contributed by atoms with van der Waals surface area (Å²) in [6.45, 7) is 5.81. The summed E-state index contributed by atoms with van der Waals surface area (Å²) in [6, 6.07) is 4.03. The van der Waals surface area contributed by atoms with Gasteiger partial charge in [-0.2, -0.15) is 0 Å². The molecule has 1 rings (SSSR count). The van der Waals surface area contributed by atoms with Gasteiger partial charge in [0.25, 0.3) is 0 Å². The normalized spacial score (nSPS) is 11.3. The summed E-state index contributed by atoms with van der Waals surface area (Å²) in [5.74, 6) is -0.293. The number of rotatable bonds is 6. The summed E-state index contributed by atoms with van der Waals surface area (Å²) in [6.07, 6.45) is 0. The maximum absolute atomic E-state index is 10.7. The summed E-state index contributed by atoms with van der Waals surface area (Å²) in [5, 5.41) is 8.83. The fourth-order valence-electron chi connectivity index (χ4n) is 1.55. The molecule has 0 fully saturated rings. The summed E-state index contributed by atoms with van der Waals surface area (Å²) in [5.41, 5.74) is 0. The van der Waals surface area contributed by atoms with Crippen molar-refractivity contribution in [2.45, 2.75) is 20.4 Å². The molecule has 1 N–H and O–H groups in total. The number of hydrogen-bond acceptors (Lipinski definition) is 3. The number of carboxylic acid groups (broad SMARTS) is 1. The number of carbonyl (C=O) groups is 1. The van der Waals surface area contributed by atoms with Crippen LogP contribution in [0.2, 0.25) is 0 Å². The summed E-state index contributed by atoms with van der Waals surface area (Å²) >= 11 is 5.06. The van der Waals surface area contributed by atoms with Gasteiger partial charge in [-0.05, 0) is 34.0 Å². The van der Waals surface area contributed by atoms with Gasteiger partial charge in [0.1, 0.15) is 0 Å². The Hall–Kier alpha value is -0.390. The fourth-order valence-corrected chi connectivity index (χ4v) is 3.08. The quantitative estimate of drug-likeness (QED) is 0.878. The number of carboxylic acids is 1. The Balaban J connectivity index is 2.58. The number of hydrogen-bond donors (Lipinski definition) is 1. The van der Waals surface area contributed by atoms with Gasteiger partial charge in [0.2, 0.25) is 0 Å². The van der Waals surface area contributed by atoms with Crippen LogP contribution in [-0.2, 0) is 11.3 Å². The van der Waals surface area contributed by atoms with Crippen LogP contribution >= 0.6 is 27.3 Å². The van der Waals surface area contributed by atoms with E-state index in [1.807, 2.05) is 17.0 Å². The molecule has 1 heterocycles. The van der Waals surface area contributed by atoms with Gasteiger partial charge in [0, 0.05) is 18.0 Å². The van der Waals surface area contributed by atoms with Crippen molar-refractivity contribution in [1.82, 2.24) is 4.90 Å². The first-order valence-corrected chi connectivity index (χ1v) is 6.76. The highest BCUT2D eigenvalue weighted by Crippen LogP contribution is 2.23. The van der Waals surface area contributed by atoms with Gasteiger partial charge < -0.3 is 5.11 Å². The van der Waals surface area contributed by atoms with E-state index in [1.165, 1.54) is 4.88 Å². The van der Waals surface area contributed by atoms with Crippen molar-refractivity contribution in [3.8, 4) is 0 Å². The maximum Gasteiger partial charge on any atom is 0.317 e. The van der Waals surface area contributed by atoms with E-state index >= 15 is 0 Å². The molecule has 5 heteroatoms. The molecule has 0 atom stereocenters. The lowest BCUT2D eigenvalue weighted by molar-refractivity contribution is -0.138. The standard InChI is InChI=1S/C11H16BrNO2S/c1-8(2)5-13(7-11(14)15)6-9-3-4-10(12)16-9/h3-4,8H,5-7H2,1-2H3,(H,14,15). The van der Waals surface area contributed by atoms with Gasteiger partial charge >= 0.3 is 5.97 Å². The minimum atomic E-state index is -0.767. The first kappa shape index (κ1) is 13.7. The van der Waals surface area contributed by atoms with E-state index in [9.17, 15) is 4.79 Å². The maximum atomic E-state index is 10.7. The summed E-state index contributed by atoms with van der Waals surface area (Å²) < 4.78 is 1.09. The third-order valence-corrected chi connectivity index (χ3v) is 3.60. The number of nitrogens with zero attached hydrogens (tertiary/aromatic N) is 1. The van der Waals surface area contributed by atoms with Crippen LogP contribution in [0, 0.1) is 5.92 Å². The molecule has 0 aliphatic carbocycles. The summed E-state index contributed by atoms with van der Waals surface area (Å²) in [4.78, 5) is 13.9. The Labute approximate surface area is 108 Å². The fraction of sp³-hybridized carbons (Fsp3) is 0.545. The minimum absolute atomic E-state index is 0.105. The Morgan fingerprint density at radius 1 is 1.56 bits per heavy atom. The van der Waals surface area contributed by atoms with E-state index in [0.29, 0.717) is 12.5 Å². The first-order chi connectivity index (χ1) is 7.47. The molecule has 0 aliphatic rings. The van der Waals surface area contributed by atoms with Gasteiger partial charge in [0.05, 0.1) is 10.3 Å². The van der Waals surface area contributed by atoms with Crippen LogP contribution in [0.4, 0.5) is 0 Å². The van der Waals surface area contributed by atoms with Gasteiger partial charge in [-0.25, -0.2) is 0 Å². The van der Waals surface area contributed by atoms with Crippen molar-refractivity contribution in [2.24, 2.45) is 5.92 Å². The lowest BCUT2D eigenvalue weighted by atomic mass is 10.2. The lowest BCUT2D eigenvalue weighted by Gasteiger charge is -2.21. The first-order valence-electron chi connectivity index (χ1n) is 5.15. The molecule has 0 aromatic carbocycles. The van der Waals surface area contributed by atoms with E-state index in [2.05, 4.69) is 29.8 Å². The zero-order valence-electron chi connectivity index (χ0n) is 9.44. The lowest BCUT2D eigenvalue weighted by Crippen LogP contribution is -2.32. The Kier molecular flexibility index (Phi) is 5.44. The van der Waals surface area contributed by atoms with Gasteiger partial charge in [-0.1, -0.05) is 13.8 Å². The van der Waals surface area contributed by atoms with Crippen molar-refractivity contribution in [2.75, 3.05) is 13.1 Å². The van der Waals surface area contributed by atoms with E-state index in [4.69, 9.17) is 5.11 Å². The van der Waals surface area contributed by atoms with Crippen LogP contribution in [-0.4, -0.2) is 29.1 Å². The Morgan fingerprint density at radius 3 is 2.69 bits per heavy atom. The van der Waals surface area contributed by atoms with Crippen LogP contribution in [0.1, 0.15) is 18.7 Å². The second-order valence-corrected chi connectivity index (χ2v) is 6.71. The zero-order valence-corrected chi connectivity index (χ0v) is 11.8. The van der Waals surface area contributed by atoms with Crippen molar-refractivity contribution in [1.29, 1.82) is 0 Å². The van der Waals surface area contributed by atoms with Gasteiger partial charge in [-0.3, -0.25) is 9.69 Å². The molecule has 0 bridgehead atoms. The molecule has 3 nitrogen and oxygen atoms in total. The predicted octanol–water partition coefficient (Wildman–Crippen LogP) is 3.05. The number of halogens is 1. The molecule has 0 spiro atoms. The topological polar surface area (TPSA) is 40.5 Å². The third kappa shape index (κ3) is 5.09. The van der Waals surface area contributed by atoms with Crippen LogP contribution in [0.5, 0.6) is 0 Å².